The Labute approximate surface area is 190 Å². The average Bonchev–Trinajstić information content (AvgIpc) is 2.78. The molecule has 1 N–H and O–H groups in total. The molecule has 1 aliphatic heterocycles. The van der Waals surface area contributed by atoms with Crippen LogP contribution in [0, 0.1) is 0 Å². The molecule has 33 heavy (non-hydrogen) atoms. The lowest BCUT2D eigenvalue weighted by molar-refractivity contribution is -0.137. The lowest BCUT2D eigenvalue weighted by Crippen LogP contribution is -2.49. The third-order valence-electron chi connectivity index (χ3n) is 5.52. The molecule has 0 aliphatic carbocycles. The Kier molecular flexibility index (Phi) is 7.13. The zero-order valence-electron chi connectivity index (χ0n) is 18.1. The SMILES string of the molecule is CC(=O)N1CCN(S(=O)(=O)c2ccc(C(=O)NC(C)c3ccc(C(F)(F)F)cc3)cc2)CC1. The van der Waals surface area contributed by atoms with Gasteiger partial charge in [-0.15, -0.1) is 0 Å². The van der Waals surface area contributed by atoms with Crippen LogP contribution in [0.3, 0.4) is 0 Å². The van der Waals surface area contributed by atoms with Gasteiger partial charge in [0.05, 0.1) is 16.5 Å². The molecule has 1 fully saturated rings. The summed E-state index contributed by atoms with van der Waals surface area (Å²) in [6.45, 7) is 4.09. The molecule has 0 aromatic heterocycles. The number of carbonyl (C=O) groups excluding carboxylic acids is 2. The normalized spacial score (nSPS) is 16.3. The van der Waals surface area contributed by atoms with Gasteiger partial charge in [0.1, 0.15) is 0 Å². The predicted molar refractivity (Wildman–Crippen MR) is 115 cm³/mol. The molecule has 1 atom stereocenters. The standard InChI is InChI=1S/C22H24F3N3O4S/c1-15(17-3-7-19(8-4-17)22(23,24)25)26-21(30)18-5-9-20(10-6-18)33(31,32)28-13-11-27(12-14-28)16(2)29/h3-10,15H,11-14H2,1-2H3,(H,26,30). The number of halogens is 3. The molecule has 2 aromatic carbocycles. The van der Waals surface area contributed by atoms with Gasteiger partial charge < -0.3 is 10.2 Å². The number of nitrogens with zero attached hydrogens (tertiary/aromatic N) is 2. The van der Waals surface area contributed by atoms with Crippen molar-refractivity contribution in [1.29, 1.82) is 0 Å². The molecule has 0 bridgehead atoms. The highest BCUT2D eigenvalue weighted by molar-refractivity contribution is 7.89. The molecular weight excluding hydrogens is 459 g/mol. The first-order chi connectivity index (χ1) is 15.4. The van der Waals surface area contributed by atoms with Crippen LogP contribution in [0.1, 0.15) is 41.4 Å². The molecule has 1 aliphatic rings. The molecule has 7 nitrogen and oxygen atoms in total. The van der Waals surface area contributed by atoms with E-state index >= 15 is 0 Å². The van der Waals surface area contributed by atoms with Gasteiger partial charge in [0.15, 0.2) is 0 Å². The number of rotatable bonds is 5. The Morgan fingerprint density at radius 3 is 1.97 bits per heavy atom. The summed E-state index contributed by atoms with van der Waals surface area (Å²) in [6, 6.07) is 9.39. The van der Waals surface area contributed by atoms with Gasteiger partial charge in [-0.3, -0.25) is 9.59 Å². The summed E-state index contributed by atoms with van der Waals surface area (Å²) < 4.78 is 65.1. The van der Waals surface area contributed by atoms with Gasteiger partial charge in [-0.05, 0) is 48.9 Å². The highest BCUT2D eigenvalue weighted by Crippen LogP contribution is 2.30. The van der Waals surface area contributed by atoms with Crippen LogP contribution in [0.2, 0.25) is 0 Å². The maximum Gasteiger partial charge on any atom is 0.416 e. The van der Waals surface area contributed by atoms with Gasteiger partial charge in [-0.1, -0.05) is 12.1 Å². The van der Waals surface area contributed by atoms with Crippen LogP contribution in [0.15, 0.2) is 53.4 Å². The summed E-state index contributed by atoms with van der Waals surface area (Å²) in [5.74, 6) is -0.589. The Hall–Kier alpha value is -2.92. The van der Waals surface area contributed by atoms with Crippen molar-refractivity contribution in [3.63, 3.8) is 0 Å². The number of amides is 2. The van der Waals surface area contributed by atoms with Crippen LogP contribution in [0.5, 0.6) is 0 Å². The monoisotopic (exact) mass is 483 g/mol. The largest absolute Gasteiger partial charge is 0.416 e. The summed E-state index contributed by atoms with van der Waals surface area (Å²) in [5.41, 5.74) is -0.0568. The van der Waals surface area contributed by atoms with Crippen LogP contribution in [-0.4, -0.2) is 55.6 Å². The number of carbonyl (C=O) groups is 2. The topological polar surface area (TPSA) is 86.8 Å². The second-order valence-electron chi connectivity index (χ2n) is 7.75. The molecule has 11 heteroatoms. The molecule has 0 spiro atoms. The van der Waals surface area contributed by atoms with Crippen molar-refractivity contribution in [1.82, 2.24) is 14.5 Å². The van der Waals surface area contributed by atoms with Crippen molar-refractivity contribution in [2.24, 2.45) is 0 Å². The summed E-state index contributed by atoms with van der Waals surface area (Å²) in [5, 5.41) is 2.69. The fraction of sp³-hybridized carbons (Fsp3) is 0.364. The Morgan fingerprint density at radius 2 is 1.48 bits per heavy atom. The van der Waals surface area contributed by atoms with E-state index in [1.807, 2.05) is 0 Å². The summed E-state index contributed by atoms with van der Waals surface area (Å²) in [4.78, 5) is 25.6. The third kappa shape index (κ3) is 5.72. The maximum atomic E-state index is 12.8. The molecule has 1 heterocycles. The zero-order chi connectivity index (χ0) is 24.4. The van der Waals surface area contributed by atoms with Crippen LogP contribution >= 0.6 is 0 Å². The van der Waals surface area contributed by atoms with Crippen LogP contribution in [-0.2, 0) is 21.0 Å². The average molecular weight is 484 g/mol. The minimum Gasteiger partial charge on any atom is -0.346 e. The van der Waals surface area contributed by atoms with Gasteiger partial charge in [-0.2, -0.15) is 17.5 Å². The molecule has 0 radical (unpaired) electrons. The van der Waals surface area contributed by atoms with Gasteiger partial charge >= 0.3 is 6.18 Å². The lowest BCUT2D eigenvalue weighted by atomic mass is 10.1. The summed E-state index contributed by atoms with van der Waals surface area (Å²) in [6.07, 6.45) is -4.44. The highest BCUT2D eigenvalue weighted by atomic mass is 32.2. The molecule has 0 saturated carbocycles. The zero-order valence-corrected chi connectivity index (χ0v) is 18.9. The van der Waals surface area contributed by atoms with E-state index in [0.717, 1.165) is 12.1 Å². The third-order valence-corrected chi connectivity index (χ3v) is 7.44. The minimum atomic E-state index is -4.44. The minimum absolute atomic E-state index is 0.0334. The Bertz CT molecular complexity index is 1110. The number of piperazine rings is 1. The van der Waals surface area contributed by atoms with Crippen LogP contribution in [0.4, 0.5) is 13.2 Å². The van der Waals surface area contributed by atoms with E-state index in [2.05, 4.69) is 5.32 Å². The van der Waals surface area contributed by atoms with Gasteiger partial charge in [0, 0.05) is 38.7 Å². The van der Waals surface area contributed by atoms with Crippen LogP contribution < -0.4 is 5.32 Å². The van der Waals surface area contributed by atoms with Crippen molar-refractivity contribution in [3.8, 4) is 0 Å². The van der Waals surface area contributed by atoms with E-state index in [0.29, 0.717) is 18.7 Å². The number of benzene rings is 2. The predicted octanol–water partition coefficient (Wildman–Crippen LogP) is 3.05. The molecule has 2 aromatic rings. The van der Waals surface area contributed by atoms with Crippen molar-refractivity contribution in [2.75, 3.05) is 26.2 Å². The first-order valence-corrected chi connectivity index (χ1v) is 11.7. The summed E-state index contributed by atoms with van der Waals surface area (Å²) >= 11 is 0. The van der Waals surface area contributed by atoms with Crippen molar-refractivity contribution >= 4 is 21.8 Å². The number of hydrogen-bond acceptors (Lipinski definition) is 4. The van der Waals surface area contributed by atoms with E-state index in [1.54, 1.807) is 11.8 Å². The fourth-order valence-electron chi connectivity index (χ4n) is 3.49. The van der Waals surface area contributed by atoms with E-state index in [1.165, 1.54) is 47.6 Å². The van der Waals surface area contributed by atoms with Crippen molar-refractivity contribution in [3.05, 3.63) is 65.2 Å². The molecule has 178 valence electrons. The van der Waals surface area contributed by atoms with Gasteiger partial charge in [0.2, 0.25) is 15.9 Å². The molecule has 2 amide bonds. The fourth-order valence-corrected chi connectivity index (χ4v) is 4.92. The number of sulfonamides is 1. The van der Waals surface area contributed by atoms with E-state index in [-0.39, 0.29) is 29.5 Å². The lowest BCUT2D eigenvalue weighted by Gasteiger charge is -2.33. The summed E-state index contributed by atoms with van der Waals surface area (Å²) in [7, 11) is -3.76. The highest BCUT2D eigenvalue weighted by Gasteiger charge is 2.31. The quantitative estimate of drug-likeness (QED) is 0.708. The van der Waals surface area contributed by atoms with Crippen molar-refractivity contribution in [2.45, 2.75) is 31.0 Å². The molecule has 1 unspecified atom stereocenters. The van der Waals surface area contributed by atoms with Gasteiger partial charge in [0.25, 0.3) is 5.91 Å². The second-order valence-corrected chi connectivity index (χ2v) is 9.69. The van der Waals surface area contributed by atoms with E-state index < -0.39 is 33.7 Å². The number of hydrogen-bond donors (Lipinski definition) is 1. The van der Waals surface area contributed by atoms with E-state index in [4.69, 9.17) is 0 Å². The van der Waals surface area contributed by atoms with Gasteiger partial charge in [-0.25, -0.2) is 8.42 Å². The molecule has 3 rings (SSSR count). The number of alkyl halides is 3. The van der Waals surface area contributed by atoms with Crippen molar-refractivity contribution < 1.29 is 31.2 Å². The molecule has 1 saturated heterocycles. The van der Waals surface area contributed by atoms with E-state index in [9.17, 15) is 31.2 Å². The second kappa shape index (κ2) is 9.52. The maximum absolute atomic E-state index is 12.8. The first kappa shape index (κ1) is 24.7. The Balaban J connectivity index is 1.64. The smallest absolute Gasteiger partial charge is 0.346 e. The molecular formula is C22H24F3N3O4S. The Morgan fingerprint density at radius 1 is 0.939 bits per heavy atom. The number of nitrogens with one attached hydrogen (secondary N) is 1. The van der Waals surface area contributed by atoms with Crippen LogP contribution in [0.25, 0.3) is 0 Å². The first-order valence-electron chi connectivity index (χ1n) is 10.2.